The number of nitrogens with zero attached hydrogens (tertiary/aromatic N) is 4. The summed E-state index contributed by atoms with van der Waals surface area (Å²) in [5.74, 6) is 0.802. The fourth-order valence-corrected chi connectivity index (χ4v) is 4.44. The van der Waals surface area contributed by atoms with E-state index in [1.807, 2.05) is 49.4 Å². The summed E-state index contributed by atoms with van der Waals surface area (Å²) >= 11 is 2.89. The molecule has 0 aliphatic rings. The van der Waals surface area contributed by atoms with E-state index in [0.717, 1.165) is 26.8 Å². The minimum Gasteiger partial charge on any atom is -0.497 e. The number of hydrogen-bond donors (Lipinski definition) is 1. The minimum atomic E-state index is -0.122. The summed E-state index contributed by atoms with van der Waals surface area (Å²) in [5, 5.41) is 13.0. The van der Waals surface area contributed by atoms with Gasteiger partial charge in [-0.25, -0.2) is 4.98 Å². The lowest BCUT2D eigenvalue weighted by Crippen LogP contribution is -2.14. The number of nitrogens with one attached hydrogen (secondary N) is 1. The average molecular weight is 450 g/mol. The van der Waals surface area contributed by atoms with E-state index in [2.05, 4.69) is 25.5 Å². The lowest BCUT2D eigenvalue weighted by molar-refractivity contribution is -0.113. The van der Waals surface area contributed by atoms with Crippen LogP contribution in [0.25, 0.3) is 21.1 Å². The van der Waals surface area contributed by atoms with Gasteiger partial charge in [-0.05, 0) is 43.3 Å². The van der Waals surface area contributed by atoms with Gasteiger partial charge in [0.25, 0.3) is 0 Å². The van der Waals surface area contributed by atoms with Crippen molar-refractivity contribution in [1.82, 2.24) is 20.2 Å². The van der Waals surface area contributed by atoms with Gasteiger partial charge in [-0.2, -0.15) is 0 Å². The van der Waals surface area contributed by atoms with Crippen molar-refractivity contribution in [2.45, 2.75) is 11.9 Å². The van der Waals surface area contributed by atoms with Crippen LogP contribution in [0.2, 0.25) is 0 Å². The van der Waals surface area contributed by atoms with E-state index in [4.69, 9.17) is 4.74 Å². The summed E-state index contributed by atoms with van der Waals surface area (Å²) in [7, 11) is 1.59. The molecule has 0 atom stereocenters. The first kappa shape index (κ1) is 21.0. The van der Waals surface area contributed by atoms with E-state index in [9.17, 15) is 4.79 Å². The molecule has 3 aromatic heterocycles. The van der Waals surface area contributed by atoms with Gasteiger partial charge in [0.1, 0.15) is 21.5 Å². The zero-order chi connectivity index (χ0) is 21.6. The van der Waals surface area contributed by atoms with Crippen molar-refractivity contribution < 1.29 is 9.53 Å². The molecule has 1 amide bonds. The molecule has 31 heavy (non-hydrogen) atoms. The molecular weight excluding hydrogens is 430 g/mol. The highest BCUT2D eigenvalue weighted by Crippen LogP contribution is 2.34. The van der Waals surface area contributed by atoms with Crippen LogP contribution in [-0.2, 0) is 4.79 Å². The van der Waals surface area contributed by atoms with Gasteiger partial charge in [0.2, 0.25) is 5.91 Å². The monoisotopic (exact) mass is 449 g/mol. The molecule has 1 aromatic carbocycles. The number of hydrogen-bond acceptors (Lipinski definition) is 8. The fourth-order valence-electron chi connectivity index (χ4n) is 2.80. The van der Waals surface area contributed by atoms with Gasteiger partial charge < -0.3 is 10.1 Å². The highest BCUT2D eigenvalue weighted by Gasteiger charge is 2.13. The Hall–Kier alpha value is -3.30. The number of aryl methyl sites for hydroxylation is 1. The Kier molecular flexibility index (Phi) is 6.54. The number of carbonyl (C=O) groups excluding carboxylic acids is 1. The van der Waals surface area contributed by atoms with Crippen LogP contribution in [0.4, 0.5) is 5.69 Å². The maximum absolute atomic E-state index is 12.2. The highest BCUT2D eigenvalue weighted by molar-refractivity contribution is 7.99. The number of rotatable bonds is 7. The van der Waals surface area contributed by atoms with Crippen molar-refractivity contribution >= 4 is 34.7 Å². The molecule has 156 valence electrons. The second-order valence-electron chi connectivity index (χ2n) is 6.50. The van der Waals surface area contributed by atoms with Gasteiger partial charge in [0, 0.05) is 29.7 Å². The van der Waals surface area contributed by atoms with E-state index in [-0.39, 0.29) is 11.7 Å². The van der Waals surface area contributed by atoms with Crippen LogP contribution < -0.4 is 10.1 Å². The molecule has 0 unspecified atom stereocenters. The molecule has 0 radical (unpaired) electrons. The first-order chi connectivity index (χ1) is 15.1. The minimum absolute atomic E-state index is 0.122. The number of aromatic nitrogens is 4. The summed E-state index contributed by atoms with van der Waals surface area (Å²) in [5.41, 5.74) is 3.33. The Bertz CT molecular complexity index is 1180. The van der Waals surface area contributed by atoms with Gasteiger partial charge >= 0.3 is 0 Å². The van der Waals surface area contributed by atoms with Crippen molar-refractivity contribution in [3.63, 3.8) is 0 Å². The summed E-state index contributed by atoms with van der Waals surface area (Å²) in [6, 6.07) is 14.9. The summed E-state index contributed by atoms with van der Waals surface area (Å²) in [6.07, 6.45) is 3.54. The standard InChI is InChI=1S/C22H19N5O2S2/c1-14-21(31-22(24-14)15-5-4-10-23-12-15)18-8-9-20(27-26-18)30-13-19(28)25-16-6-3-7-17(11-16)29-2/h3-12H,13H2,1-2H3,(H,25,28). The van der Waals surface area contributed by atoms with Crippen molar-refractivity contribution in [1.29, 1.82) is 0 Å². The third kappa shape index (κ3) is 5.25. The number of pyridine rings is 1. The second kappa shape index (κ2) is 9.67. The van der Waals surface area contributed by atoms with Crippen molar-refractivity contribution in [3.05, 3.63) is 66.6 Å². The molecule has 1 N–H and O–H groups in total. The number of amides is 1. The summed E-state index contributed by atoms with van der Waals surface area (Å²) in [4.78, 5) is 22.0. The third-order valence-corrected chi connectivity index (χ3v) is 6.43. The van der Waals surface area contributed by atoms with E-state index in [1.54, 1.807) is 36.9 Å². The van der Waals surface area contributed by atoms with Crippen LogP contribution in [0, 0.1) is 6.92 Å². The van der Waals surface area contributed by atoms with Crippen LogP contribution in [0.1, 0.15) is 5.69 Å². The van der Waals surface area contributed by atoms with Crippen LogP contribution in [0.15, 0.2) is 66.0 Å². The third-order valence-electron chi connectivity index (χ3n) is 4.28. The number of thiazole rings is 1. The van der Waals surface area contributed by atoms with E-state index >= 15 is 0 Å². The Labute approximate surface area is 187 Å². The van der Waals surface area contributed by atoms with Crippen LogP contribution in [0.5, 0.6) is 5.75 Å². The van der Waals surface area contributed by atoms with E-state index in [0.29, 0.717) is 16.5 Å². The maximum atomic E-state index is 12.2. The largest absolute Gasteiger partial charge is 0.497 e. The van der Waals surface area contributed by atoms with E-state index in [1.165, 1.54) is 11.8 Å². The fraction of sp³-hybridized carbons (Fsp3) is 0.136. The predicted octanol–water partition coefficient (Wildman–Crippen LogP) is 4.71. The zero-order valence-electron chi connectivity index (χ0n) is 16.9. The number of carbonyl (C=O) groups is 1. The molecule has 7 nitrogen and oxygen atoms in total. The Morgan fingerprint density at radius 2 is 2.06 bits per heavy atom. The average Bonchev–Trinajstić information content (AvgIpc) is 3.20. The van der Waals surface area contributed by atoms with Gasteiger partial charge in [0.05, 0.1) is 23.4 Å². The molecule has 0 spiro atoms. The van der Waals surface area contributed by atoms with Crippen molar-refractivity contribution in [2.75, 3.05) is 18.2 Å². The molecule has 4 aromatic rings. The number of anilines is 1. The molecule has 0 bridgehead atoms. The van der Waals surface area contributed by atoms with E-state index < -0.39 is 0 Å². The molecule has 4 rings (SSSR count). The number of methoxy groups -OCH3 is 1. The Morgan fingerprint density at radius 3 is 2.81 bits per heavy atom. The first-order valence-electron chi connectivity index (χ1n) is 9.41. The lowest BCUT2D eigenvalue weighted by atomic mass is 10.3. The Balaban J connectivity index is 1.38. The predicted molar refractivity (Wildman–Crippen MR) is 123 cm³/mol. The quantitative estimate of drug-likeness (QED) is 0.409. The Morgan fingerprint density at radius 1 is 1.16 bits per heavy atom. The number of thioether (sulfide) groups is 1. The topological polar surface area (TPSA) is 89.9 Å². The highest BCUT2D eigenvalue weighted by atomic mass is 32.2. The van der Waals surface area contributed by atoms with Crippen molar-refractivity contribution in [2.24, 2.45) is 0 Å². The van der Waals surface area contributed by atoms with Crippen LogP contribution >= 0.6 is 23.1 Å². The SMILES string of the molecule is COc1cccc(NC(=O)CSc2ccc(-c3sc(-c4cccnc4)nc3C)nn2)c1. The molecule has 3 heterocycles. The molecule has 0 aliphatic carbocycles. The first-order valence-corrected chi connectivity index (χ1v) is 11.2. The molecule has 0 saturated carbocycles. The molecule has 0 aliphatic heterocycles. The zero-order valence-corrected chi connectivity index (χ0v) is 18.5. The van der Waals surface area contributed by atoms with Gasteiger partial charge in [-0.1, -0.05) is 17.8 Å². The van der Waals surface area contributed by atoms with Crippen LogP contribution in [-0.4, -0.2) is 38.9 Å². The summed E-state index contributed by atoms with van der Waals surface area (Å²) < 4.78 is 5.17. The van der Waals surface area contributed by atoms with Gasteiger partial charge in [0.15, 0.2) is 0 Å². The number of ether oxygens (including phenoxy) is 1. The molecule has 0 fully saturated rings. The smallest absolute Gasteiger partial charge is 0.234 e. The van der Waals surface area contributed by atoms with Crippen molar-refractivity contribution in [3.8, 4) is 26.9 Å². The summed E-state index contributed by atoms with van der Waals surface area (Å²) in [6.45, 7) is 1.96. The van der Waals surface area contributed by atoms with Gasteiger partial charge in [-0.3, -0.25) is 9.78 Å². The second-order valence-corrected chi connectivity index (χ2v) is 8.50. The molecule has 9 heteroatoms. The van der Waals surface area contributed by atoms with Crippen LogP contribution in [0.3, 0.4) is 0 Å². The molecule has 0 saturated heterocycles. The number of benzene rings is 1. The maximum Gasteiger partial charge on any atom is 0.234 e. The molecular formula is C22H19N5O2S2. The lowest BCUT2D eigenvalue weighted by Gasteiger charge is -2.06. The van der Waals surface area contributed by atoms with Gasteiger partial charge in [-0.15, -0.1) is 21.5 Å². The normalized spacial score (nSPS) is 10.6.